The average molecular weight is 920 g/mol. The van der Waals surface area contributed by atoms with Crippen LogP contribution in [0.15, 0.2) is 0 Å². The Morgan fingerprint density at radius 3 is 0.754 bits per heavy atom. The van der Waals surface area contributed by atoms with Gasteiger partial charge in [-0.3, -0.25) is 14.4 Å². The second-order valence-corrected chi connectivity index (χ2v) is 21.2. The van der Waals surface area contributed by atoms with Crippen molar-refractivity contribution in [2.45, 2.75) is 336 Å². The fourth-order valence-corrected chi connectivity index (χ4v) is 9.05. The van der Waals surface area contributed by atoms with Gasteiger partial charge in [-0.2, -0.15) is 0 Å². The van der Waals surface area contributed by atoms with Crippen molar-refractivity contribution in [3.8, 4) is 0 Å². The Morgan fingerprint density at radius 1 is 0.292 bits per heavy atom. The molecule has 0 rings (SSSR count). The number of hydrogen-bond donors (Lipinski definition) is 0. The minimum absolute atomic E-state index is 0.0626. The second kappa shape index (κ2) is 51.8. The van der Waals surface area contributed by atoms with E-state index < -0.39 is 6.10 Å². The molecule has 0 fully saturated rings. The van der Waals surface area contributed by atoms with E-state index in [9.17, 15) is 14.4 Å². The molecule has 0 aliphatic heterocycles. The molecule has 6 heteroatoms. The third-order valence-corrected chi connectivity index (χ3v) is 13.5. The highest BCUT2D eigenvalue weighted by Crippen LogP contribution is 2.18. The van der Waals surface area contributed by atoms with E-state index in [4.69, 9.17) is 14.2 Å². The number of rotatable bonds is 53. The maximum absolute atomic E-state index is 12.9. The largest absolute Gasteiger partial charge is 0.462 e. The van der Waals surface area contributed by atoms with E-state index in [0.717, 1.165) is 69.6 Å². The molecule has 0 amide bonds. The summed E-state index contributed by atoms with van der Waals surface area (Å²) in [5.74, 6) is 0.833. The molecule has 0 aromatic heterocycles. The quantitative estimate of drug-likeness (QED) is 0.0344. The van der Waals surface area contributed by atoms with Crippen molar-refractivity contribution in [3.05, 3.63) is 0 Å². The summed E-state index contributed by atoms with van der Waals surface area (Å²) in [4.78, 5) is 38.2. The topological polar surface area (TPSA) is 78.9 Å². The Hall–Kier alpha value is -1.59. The van der Waals surface area contributed by atoms with Gasteiger partial charge in [-0.1, -0.05) is 291 Å². The van der Waals surface area contributed by atoms with Gasteiger partial charge in [-0.25, -0.2) is 0 Å². The molecule has 1 atom stereocenters. The lowest BCUT2D eigenvalue weighted by Gasteiger charge is -2.18. The van der Waals surface area contributed by atoms with Crippen LogP contribution in [0.1, 0.15) is 330 Å². The van der Waals surface area contributed by atoms with Gasteiger partial charge in [-0.05, 0) is 31.1 Å². The molecule has 0 aliphatic rings. The Morgan fingerprint density at radius 2 is 0.508 bits per heavy atom. The molecule has 6 nitrogen and oxygen atoms in total. The third-order valence-electron chi connectivity index (χ3n) is 13.5. The lowest BCUT2D eigenvalue weighted by atomic mass is 10.0. The third kappa shape index (κ3) is 53.2. The summed E-state index contributed by atoms with van der Waals surface area (Å²) in [7, 11) is 0. The summed E-state index contributed by atoms with van der Waals surface area (Å²) >= 11 is 0. The predicted molar refractivity (Wildman–Crippen MR) is 280 cm³/mol. The number of hydrogen-bond acceptors (Lipinski definition) is 6. The molecule has 0 heterocycles. The molecule has 386 valence electrons. The molecule has 0 unspecified atom stereocenters. The lowest BCUT2D eigenvalue weighted by molar-refractivity contribution is -0.167. The first-order valence-electron chi connectivity index (χ1n) is 29.2. The number of carbonyl (C=O) groups excluding carboxylic acids is 3. The van der Waals surface area contributed by atoms with E-state index >= 15 is 0 Å². The summed E-state index contributed by atoms with van der Waals surface area (Å²) in [5.41, 5.74) is 0. The van der Waals surface area contributed by atoms with E-state index in [1.54, 1.807) is 0 Å². The molecular formula is C59H114O6. The molecular weight excluding hydrogens is 805 g/mol. The highest BCUT2D eigenvalue weighted by atomic mass is 16.6. The van der Waals surface area contributed by atoms with Crippen LogP contribution in [0.2, 0.25) is 0 Å². The molecule has 65 heavy (non-hydrogen) atoms. The minimum atomic E-state index is -0.763. The van der Waals surface area contributed by atoms with E-state index in [1.165, 1.54) is 218 Å². The Kier molecular flexibility index (Phi) is 50.5. The van der Waals surface area contributed by atoms with Crippen LogP contribution in [-0.4, -0.2) is 37.2 Å². The van der Waals surface area contributed by atoms with Crippen LogP contribution >= 0.6 is 0 Å². The zero-order valence-electron chi connectivity index (χ0n) is 44.6. The number of carbonyl (C=O) groups is 3. The molecule has 0 spiro atoms. The van der Waals surface area contributed by atoms with E-state index in [0.29, 0.717) is 19.3 Å². The predicted octanol–water partition coefficient (Wildman–Crippen LogP) is 19.3. The number of ether oxygens (including phenoxy) is 3. The Bertz CT molecular complexity index is 993. The zero-order chi connectivity index (χ0) is 47.5. The maximum Gasteiger partial charge on any atom is 0.306 e. The first kappa shape index (κ1) is 63.4. The summed E-state index contributed by atoms with van der Waals surface area (Å²) in [6.45, 7) is 11.4. The van der Waals surface area contributed by atoms with Crippen LogP contribution in [-0.2, 0) is 28.6 Å². The van der Waals surface area contributed by atoms with Crippen molar-refractivity contribution in [2.24, 2.45) is 11.8 Å². The summed E-state index contributed by atoms with van der Waals surface area (Å²) in [6, 6.07) is 0. The van der Waals surface area contributed by atoms with Crippen LogP contribution < -0.4 is 0 Å². The smallest absolute Gasteiger partial charge is 0.306 e. The van der Waals surface area contributed by atoms with Gasteiger partial charge in [0.1, 0.15) is 13.2 Å². The zero-order valence-corrected chi connectivity index (χ0v) is 44.6. The number of unbranched alkanes of at least 4 members (excludes halogenated alkanes) is 38. The molecule has 0 aromatic carbocycles. The van der Waals surface area contributed by atoms with Gasteiger partial charge < -0.3 is 14.2 Å². The molecule has 0 N–H and O–H groups in total. The molecule has 0 saturated heterocycles. The highest BCUT2D eigenvalue weighted by molar-refractivity contribution is 5.71. The van der Waals surface area contributed by atoms with Crippen molar-refractivity contribution >= 4 is 17.9 Å². The summed E-state index contributed by atoms with van der Waals surface area (Å²) < 4.78 is 16.9. The van der Waals surface area contributed by atoms with Crippen LogP contribution in [0.5, 0.6) is 0 Å². The summed E-state index contributed by atoms with van der Waals surface area (Å²) in [6.07, 6.45) is 55.2. The molecule has 0 aromatic rings. The van der Waals surface area contributed by atoms with Crippen molar-refractivity contribution in [1.29, 1.82) is 0 Å². The molecule has 0 aliphatic carbocycles. The van der Waals surface area contributed by atoms with Crippen LogP contribution in [0.4, 0.5) is 0 Å². The lowest BCUT2D eigenvalue weighted by Crippen LogP contribution is -2.30. The van der Waals surface area contributed by atoms with Crippen molar-refractivity contribution in [3.63, 3.8) is 0 Å². The van der Waals surface area contributed by atoms with Crippen LogP contribution in [0, 0.1) is 11.8 Å². The monoisotopic (exact) mass is 919 g/mol. The second-order valence-electron chi connectivity index (χ2n) is 21.2. The first-order chi connectivity index (χ1) is 31.7. The normalized spacial score (nSPS) is 12.0. The Balaban J connectivity index is 4.30. The maximum atomic E-state index is 12.9. The molecule has 0 radical (unpaired) electrons. The van der Waals surface area contributed by atoms with Crippen molar-refractivity contribution in [1.82, 2.24) is 0 Å². The number of esters is 3. The molecule has 0 saturated carbocycles. The van der Waals surface area contributed by atoms with Gasteiger partial charge >= 0.3 is 17.9 Å². The summed E-state index contributed by atoms with van der Waals surface area (Å²) in [5, 5.41) is 0. The van der Waals surface area contributed by atoms with Gasteiger partial charge in [0, 0.05) is 19.3 Å². The van der Waals surface area contributed by atoms with Gasteiger partial charge in [0.15, 0.2) is 6.10 Å². The fourth-order valence-electron chi connectivity index (χ4n) is 9.05. The van der Waals surface area contributed by atoms with Gasteiger partial charge in [0.05, 0.1) is 0 Å². The first-order valence-corrected chi connectivity index (χ1v) is 29.2. The fraction of sp³-hybridized carbons (Fsp3) is 0.949. The van der Waals surface area contributed by atoms with Crippen LogP contribution in [0.3, 0.4) is 0 Å². The highest BCUT2D eigenvalue weighted by Gasteiger charge is 2.19. The van der Waals surface area contributed by atoms with Gasteiger partial charge in [0.25, 0.3) is 0 Å². The van der Waals surface area contributed by atoms with Crippen molar-refractivity contribution in [2.75, 3.05) is 13.2 Å². The standard InChI is InChI=1S/C59H114O6/c1-6-7-8-9-10-11-12-13-14-15-20-25-31-36-41-46-51-59(62)65-56(53-64-58(61)50-45-40-35-30-26-21-23-28-33-38-43-48-55(4)5)52-63-57(60)49-44-39-34-29-24-19-17-16-18-22-27-32-37-42-47-54(2)3/h54-56H,6-53H2,1-5H3/t56-/m1/s1. The van der Waals surface area contributed by atoms with Gasteiger partial charge in [-0.15, -0.1) is 0 Å². The van der Waals surface area contributed by atoms with E-state index in [2.05, 4.69) is 34.6 Å². The Labute approximate surface area is 406 Å². The average Bonchev–Trinajstić information content (AvgIpc) is 3.28. The van der Waals surface area contributed by atoms with Crippen LogP contribution in [0.25, 0.3) is 0 Å². The van der Waals surface area contributed by atoms with E-state index in [-0.39, 0.29) is 31.1 Å². The minimum Gasteiger partial charge on any atom is -0.462 e. The van der Waals surface area contributed by atoms with Gasteiger partial charge in [0.2, 0.25) is 0 Å². The van der Waals surface area contributed by atoms with Crippen molar-refractivity contribution < 1.29 is 28.6 Å². The van der Waals surface area contributed by atoms with E-state index in [1.807, 2.05) is 0 Å². The SMILES string of the molecule is CCCCCCCCCCCCCCCCCCC(=O)O[C@H](COC(=O)CCCCCCCCCCCCCCCCC(C)C)COC(=O)CCCCCCCCCCCCCC(C)C. The molecule has 0 bridgehead atoms.